The molecule has 0 bridgehead atoms. The lowest BCUT2D eigenvalue weighted by Crippen LogP contribution is -2.65. The SMILES string of the molecule is O=C(N1CC[C@H](n2cnnn2)C1)N1CC2(CC(Cc3ccc(C(F)(F)F)cc3F)C2)C1. The van der Waals surface area contributed by atoms with E-state index in [0.717, 1.165) is 25.3 Å². The molecule has 0 radical (unpaired) electrons. The van der Waals surface area contributed by atoms with Gasteiger partial charge in [-0.2, -0.15) is 13.2 Å². The molecule has 5 rings (SSSR count). The fraction of sp³-hybridized carbons (Fsp3) is 0.600. The van der Waals surface area contributed by atoms with E-state index < -0.39 is 17.6 Å². The second-order valence-corrected chi connectivity index (χ2v) is 9.10. The molecule has 0 N–H and O–H groups in total. The molecule has 2 aliphatic heterocycles. The molecule has 166 valence electrons. The van der Waals surface area contributed by atoms with Gasteiger partial charge in [-0.25, -0.2) is 13.9 Å². The Morgan fingerprint density at radius 3 is 2.61 bits per heavy atom. The first-order valence-corrected chi connectivity index (χ1v) is 10.3. The maximum atomic E-state index is 14.1. The van der Waals surface area contributed by atoms with E-state index in [4.69, 9.17) is 0 Å². The number of carbonyl (C=O) groups excluding carboxylic acids is 1. The van der Waals surface area contributed by atoms with E-state index in [0.29, 0.717) is 44.2 Å². The van der Waals surface area contributed by atoms with Crippen LogP contribution in [0, 0.1) is 17.2 Å². The van der Waals surface area contributed by atoms with Gasteiger partial charge in [0.25, 0.3) is 0 Å². The van der Waals surface area contributed by atoms with Gasteiger partial charge in [-0.1, -0.05) is 6.07 Å². The van der Waals surface area contributed by atoms with Crippen LogP contribution in [-0.4, -0.2) is 62.2 Å². The minimum atomic E-state index is -4.54. The van der Waals surface area contributed by atoms with E-state index in [1.807, 2.05) is 9.80 Å². The van der Waals surface area contributed by atoms with Crippen LogP contribution in [0.4, 0.5) is 22.4 Å². The van der Waals surface area contributed by atoms with Crippen molar-refractivity contribution in [2.75, 3.05) is 26.2 Å². The summed E-state index contributed by atoms with van der Waals surface area (Å²) in [5, 5.41) is 11.2. The monoisotopic (exact) mass is 438 g/mol. The van der Waals surface area contributed by atoms with E-state index in [1.165, 1.54) is 6.07 Å². The zero-order chi connectivity index (χ0) is 21.8. The zero-order valence-electron chi connectivity index (χ0n) is 16.7. The van der Waals surface area contributed by atoms with Crippen molar-refractivity contribution in [3.63, 3.8) is 0 Å². The third kappa shape index (κ3) is 3.74. The number of tetrazole rings is 1. The fourth-order valence-electron chi connectivity index (χ4n) is 5.33. The van der Waals surface area contributed by atoms with Crippen LogP contribution >= 0.6 is 0 Å². The van der Waals surface area contributed by atoms with Crippen molar-refractivity contribution >= 4 is 6.03 Å². The molecule has 0 unspecified atom stereocenters. The number of alkyl halides is 3. The van der Waals surface area contributed by atoms with Gasteiger partial charge >= 0.3 is 12.2 Å². The summed E-state index contributed by atoms with van der Waals surface area (Å²) in [5.74, 6) is -0.563. The molecular formula is C20H22F4N6O. The Hall–Kier alpha value is -2.72. The van der Waals surface area contributed by atoms with Crippen molar-refractivity contribution in [1.29, 1.82) is 0 Å². The molecular weight excluding hydrogens is 416 g/mol. The first kappa shape index (κ1) is 20.2. The molecule has 1 atom stereocenters. The highest BCUT2D eigenvalue weighted by Gasteiger charge is 2.54. The van der Waals surface area contributed by atoms with Crippen LogP contribution in [0.2, 0.25) is 0 Å². The lowest BCUT2D eigenvalue weighted by atomic mass is 9.56. The van der Waals surface area contributed by atoms with Gasteiger partial charge in [-0.05, 0) is 59.7 Å². The van der Waals surface area contributed by atoms with E-state index in [1.54, 1.807) is 11.0 Å². The maximum absolute atomic E-state index is 14.1. The number of rotatable bonds is 3. The molecule has 3 fully saturated rings. The van der Waals surface area contributed by atoms with E-state index in [9.17, 15) is 22.4 Å². The number of hydrogen-bond acceptors (Lipinski definition) is 4. The molecule has 3 aliphatic rings. The highest BCUT2D eigenvalue weighted by Crippen LogP contribution is 2.53. The molecule has 31 heavy (non-hydrogen) atoms. The highest BCUT2D eigenvalue weighted by atomic mass is 19.4. The highest BCUT2D eigenvalue weighted by molar-refractivity contribution is 5.76. The number of hydrogen-bond donors (Lipinski definition) is 0. The lowest BCUT2D eigenvalue weighted by molar-refractivity contribution is -0.137. The van der Waals surface area contributed by atoms with Gasteiger partial charge in [0.1, 0.15) is 12.1 Å². The van der Waals surface area contributed by atoms with Crippen molar-refractivity contribution in [3.8, 4) is 0 Å². The van der Waals surface area contributed by atoms with Gasteiger partial charge in [-0.3, -0.25) is 0 Å². The number of urea groups is 1. The van der Waals surface area contributed by atoms with Crippen molar-refractivity contribution in [1.82, 2.24) is 30.0 Å². The Morgan fingerprint density at radius 1 is 1.19 bits per heavy atom. The van der Waals surface area contributed by atoms with Gasteiger partial charge in [0, 0.05) is 31.6 Å². The van der Waals surface area contributed by atoms with Crippen LogP contribution in [0.3, 0.4) is 0 Å². The summed E-state index contributed by atoms with van der Waals surface area (Å²) in [4.78, 5) is 16.4. The quantitative estimate of drug-likeness (QED) is 0.691. The van der Waals surface area contributed by atoms with E-state index in [2.05, 4.69) is 15.5 Å². The third-order valence-electron chi connectivity index (χ3n) is 6.83. The van der Waals surface area contributed by atoms with Crippen LogP contribution in [0.25, 0.3) is 0 Å². The summed E-state index contributed by atoms with van der Waals surface area (Å²) >= 11 is 0. The Balaban J connectivity index is 1.10. The van der Waals surface area contributed by atoms with Crippen LogP contribution < -0.4 is 0 Å². The van der Waals surface area contributed by atoms with Gasteiger partial charge in [-0.15, -0.1) is 5.10 Å². The van der Waals surface area contributed by atoms with Crippen LogP contribution in [0.1, 0.15) is 36.4 Å². The maximum Gasteiger partial charge on any atom is 0.416 e. The Morgan fingerprint density at radius 2 is 1.97 bits per heavy atom. The number of benzene rings is 1. The number of carbonyl (C=O) groups is 1. The number of amides is 2. The summed E-state index contributed by atoms with van der Waals surface area (Å²) in [6.45, 7) is 2.62. The largest absolute Gasteiger partial charge is 0.416 e. The average molecular weight is 438 g/mol. The summed E-state index contributed by atoms with van der Waals surface area (Å²) in [6, 6.07) is 2.88. The Labute approximate surface area is 176 Å². The number of likely N-dealkylation sites (tertiary alicyclic amines) is 2. The molecule has 1 saturated carbocycles. The Bertz CT molecular complexity index is 965. The van der Waals surface area contributed by atoms with Crippen molar-refractivity contribution in [3.05, 3.63) is 41.5 Å². The first-order chi connectivity index (χ1) is 14.7. The molecule has 2 aromatic rings. The fourth-order valence-corrected chi connectivity index (χ4v) is 5.33. The van der Waals surface area contributed by atoms with Gasteiger partial charge < -0.3 is 9.80 Å². The number of halogens is 4. The molecule has 1 spiro atoms. The molecule has 2 amide bonds. The van der Waals surface area contributed by atoms with Crippen LogP contribution in [0.5, 0.6) is 0 Å². The van der Waals surface area contributed by atoms with Gasteiger partial charge in [0.2, 0.25) is 0 Å². The van der Waals surface area contributed by atoms with Crippen molar-refractivity contribution < 1.29 is 22.4 Å². The minimum Gasteiger partial charge on any atom is -0.323 e. The first-order valence-electron chi connectivity index (χ1n) is 10.3. The normalized spacial score (nSPS) is 23.2. The molecule has 2 saturated heterocycles. The lowest BCUT2D eigenvalue weighted by Gasteiger charge is -2.59. The second kappa shape index (κ2) is 7.16. The number of aromatic nitrogens is 4. The molecule has 11 heteroatoms. The van der Waals surface area contributed by atoms with E-state index >= 15 is 0 Å². The van der Waals surface area contributed by atoms with Crippen LogP contribution in [0.15, 0.2) is 24.5 Å². The standard InChI is InChI=1S/C20H22F4N6O/c21-17-6-15(20(22,23)24)2-1-14(17)5-13-7-19(8-13)10-29(11-19)18(31)28-4-3-16(9-28)30-12-25-26-27-30/h1-2,6,12-13,16H,3-5,7-11H2/t16-/m0/s1. The zero-order valence-corrected chi connectivity index (χ0v) is 16.7. The van der Waals surface area contributed by atoms with Gasteiger partial charge in [0.05, 0.1) is 11.6 Å². The predicted octanol–water partition coefficient (Wildman–Crippen LogP) is 3.15. The summed E-state index contributed by atoms with van der Waals surface area (Å²) in [5.41, 5.74) is -0.556. The molecule has 7 nitrogen and oxygen atoms in total. The smallest absolute Gasteiger partial charge is 0.323 e. The predicted molar refractivity (Wildman–Crippen MR) is 100 cm³/mol. The van der Waals surface area contributed by atoms with E-state index in [-0.39, 0.29) is 23.4 Å². The Kier molecular flexibility index (Phi) is 4.67. The second-order valence-electron chi connectivity index (χ2n) is 9.10. The topological polar surface area (TPSA) is 67.2 Å². The minimum absolute atomic E-state index is 0.0263. The van der Waals surface area contributed by atoms with Crippen LogP contribution in [-0.2, 0) is 12.6 Å². The van der Waals surface area contributed by atoms with Crippen molar-refractivity contribution in [2.45, 2.75) is 37.9 Å². The molecule has 1 aromatic heterocycles. The summed E-state index contributed by atoms with van der Waals surface area (Å²) in [7, 11) is 0. The number of nitrogens with zero attached hydrogens (tertiary/aromatic N) is 6. The van der Waals surface area contributed by atoms with Crippen molar-refractivity contribution in [2.24, 2.45) is 11.3 Å². The third-order valence-corrected chi connectivity index (χ3v) is 6.83. The summed E-state index contributed by atoms with van der Waals surface area (Å²) in [6.07, 6.45) is -0.000446. The molecule has 1 aliphatic carbocycles. The molecule has 3 heterocycles. The molecule has 1 aromatic carbocycles. The van der Waals surface area contributed by atoms with Gasteiger partial charge in [0.15, 0.2) is 0 Å². The summed E-state index contributed by atoms with van der Waals surface area (Å²) < 4.78 is 53.8. The average Bonchev–Trinajstić information content (AvgIpc) is 3.33.